The second kappa shape index (κ2) is 4.73. The number of carbonyl (C=O) groups excluding carboxylic acids is 1. The topological polar surface area (TPSA) is 39.2 Å². The highest BCUT2D eigenvalue weighted by atomic mass is 32.1. The highest BCUT2D eigenvalue weighted by Crippen LogP contribution is 2.33. The van der Waals surface area contributed by atoms with E-state index < -0.39 is 11.2 Å². The van der Waals surface area contributed by atoms with Gasteiger partial charge in [-0.1, -0.05) is 0 Å². The van der Waals surface area contributed by atoms with E-state index in [0.717, 1.165) is 6.20 Å². The van der Waals surface area contributed by atoms with E-state index in [0.29, 0.717) is 37.4 Å². The normalized spacial score (nSPS) is 18.3. The molecule has 0 atom stereocenters. The highest BCUT2D eigenvalue weighted by Gasteiger charge is 2.36. The number of hydrogen-bond acceptors (Lipinski definition) is 4. The maximum Gasteiger partial charge on any atom is 0.443 e. The van der Waals surface area contributed by atoms with Crippen LogP contribution in [0.5, 0.6) is 0 Å². The lowest BCUT2D eigenvalue weighted by Crippen LogP contribution is -2.22. The predicted octanol–water partition coefficient (Wildman–Crippen LogP) is 2.77. The van der Waals surface area contributed by atoms with Crippen molar-refractivity contribution in [2.24, 2.45) is 5.92 Å². The summed E-state index contributed by atoms with van der Waals surface area (Å²) in [6, 6.07) is 0. The number of aromatic nitrogens is 1. The van der Waals surface area contributed by atoms with E-state index in [1.165, 1.54) is 0 Å². The van der Waals surface area contributed by atoms with Gasteiger partial charge in [0.1, 0.15) is 0 Å². The van der Waals surface area contributed by atoms with E-state index in [9.17, 15) is 18.0 Å². The Kier molecular flexibility index (Phi) is 3.48. The molecule has 94 valence electrons. The Hall–Kier alpha value is -0.950. The van der Waals surface area contributed by atoms with Crippen molar-refractivity contribution in [3.05, 3.63) is 16.1 Å². The number of thiazole rings is 1. The van der Waals surface area contributed by atoms with Crippen LogP contribution in [-0.4, -0.2) is 24.0 Å². The Morgan fingerprint density at radius 2 is 2.06 bits per heavy atom. The molecular formula is C10H10F3NO2S. The number of hydrogen-bond donors (Lipinski definition) is 0. The predicted molar refractivity (Wildman–Crippen MR) is 55.0 cm³/mol. The maximum absolute atomic E-state index is 12.3. The molecule has 2 rings (SSSR count). The number of rotatable bonds is 2. The SMILES string of the molecule is O=C(c1cnc(C(F)(F)F)s1)C1CCOCC1. The van der Waals surface area contributed by atoms with Crippen LogP contribution in [0, 0.1) is 5.92 Å². The molecule has 0 aromatic carbocycles. The van der Waals surface area contributed by atoms with Crippen molar-refractivity contribution in [3.8, 4) is 0 Å². The molecule has 1 aliphatic rings. The van der Waals surface area contributed by atoms with Gasteiger partial charge in [-0.15, -0.1) is 11.3 Å². The van der Waals surface area contributed by atoms with Crippen LogP contribution in [0.1, 0.15) is 27.5 Å². The van der Waals surface area contributed by atoms with Crippen LogP contribution in [0.15, 0.2) is 6.20 Å². The smallest absolute Gasteiger partial charge is 0.381 e. The van der Waals surface area contributed by atoms with Crippen molar-refractivity contribution >= 4 is 17.1 Å². The first-order valence-corrected chi connectivity index (χ1v) is 5.95. The van der Waals surface area contributed by atoms with Crippen molar-refractivity contribution in [1.82, 2.24) is 4.98 Å². The third kappa shape index (κ3) is 2.84. The second-order valence-electron chi connectivity index (χ2n) is 3.78. The van der Waals surface area contributed by atoms with Crippen molar-refractivity contribution in [3.63, 3.8) is 0 Å². The fourth-order valence-electron chi connectivity index (χ4n) is 1.68. The third-order valence-corrected chi connectivity index (χ3v) is 3.64. The first-order chi connectivity index (χ1) is 7.98. The lowest BCUT2D eigenvalue weighted by atomic mass is 9.95. The average Bonchev–Trinajstić information content (AvgIpc) is 2.78. The van der Waals surface area contributed by atoms with E-state index in [1.54, 1.807) is 0 Å². The summed E-state index contributed by atoms with van der Waals surface area (Å²) in [6.45, 7) is 0.975. The molecule has 3 nitrogen and oxygen atoms in total. The molecule has 0 unspecified atom stereocenters. The van der Waals surface area contributed by atoms with Gasteiger partial charge in [0, 0.05) is 25.3 Å². The maximum atomic E-state index is 12.3. The molecule has 1 aromatic rings. The zero-order chi connectivity index (χ0) is 12.5. The van der Waals surface area contributed by atoms with Gasteiger partial charge in [-0.05, 0) is 12.8 Å². The van der Waals surface area contributed by atoms with Gasteiger partial charge in [0.05, 0.1) is 4.88 Å². The van der Waals surface area contributed by atoms with Crippen molar-refractivity contribution in [2.45, 2.75) is 19.0 Å². The van der Waals surface area contributed by atoms with Crippen molar-refractivity contribution in [2.75, 3.05) is 13.2 Å². The van der Waals surface area contributed by atoms with Crippen LogP contribution in [0.3, 0.4) is 0 Å². The molecule has 0 amide bonds. The first-order valence-electron chi connectivity index (χ1n) is 5.13. The molecule has 1 fully saturated rings. The van der Waals surface area contributed by atoms with Crippen LogP contribution in [0.2, 0.25) is 0 Å². The molecule has 1 aromatic heterocycles. The standard InChI is InChI=1S/C10H10F3NO2S/c11-10(12,13)9-14-5-7(17-9)8(15)6-1-3-16-4-2-6/h5-6H,1-4H2. The van der Waals surface area contributed by atoms with Crippen LogP contribution >= 0.6 is 11.3 Å². The van der Waals surface area contributed by atoms with Gasteiger partial charge in [0.25, 0.3) is 0 Å². The molecule has 7 heteroatoms. The summed E-state index contributed by atoms with van der Waals surface area (Å²) >= 11 is 0.415. The fraction of sp³-hybridized carbons (Fsp3) is 0.600. The van der Waals surface area contributed by atoms with Crippen LogP contribution in [0.4, 0.5) is 13.2 Å². The van der Waals surface area contributed by atoms with Gasteiger partial charge in [-0.2, -0.15) is 13.2 Å². The van der Waals surface area contributed by atoms with Crippen molar-refractivity contribution in [1.29, 1.82) is 0 Å². The number of Topliss-reactive ketones (excluding diaryl/α,β-unsaturated/α-hetero) is 1. The largest absolute Gasteiger partial charge is 0.443 e. The molecule has 0 bridgehead atoms. The Labute approximate surface area is 99.6 Å². The van der Waals surface area contributed by atoms with Gasteiger partial charge in [0.15, 0.2) is 10.8 Å². The number of ketones is 1. The molecule has 0 aliphatic carbocycles. The lowest BCUT2D eigenvalue weighted by Gasteiger charge is -2.19. The summed E-state index contributed by atoms with van der Waals surface area (Å²) in [5.41, 5.74) is 0. The number of alkyl halides is 3. The molecule has 0 saturated carbocycles. The number of halogens is 3. The summed E-state index contributed by atoms with van der Waals surface area (Å²) in [5.74, 6) is -0.480. The first kappa shape index (κ1) is 12.5. The van der Waals surface area contributed by atoms with E-state index in [1.807, 2.05) is 0 Å². The molecular weight excluding hydrogens is 255 g/mol. The molecule has 2 heterocycles. The minimum Gasteiger partial charge on any atom is -0.381 e. The molecule has 17 heavy (non-hydrogen) atoms. The van der Waals surface area contributed by atoms with E-state index in [2.05, 4.69) is 4.98 Å². The average molecular weight is 265 g/mol. The summed E-state index contributed by atoms with van der Waals surface area (Å²) in [6.07, 6.45) is -2.32. The zero-order valence-electron chi connectivity index (χ0n) is 8.79. The van der Waals surface area contributed by atoms with Crippen LogP contribution in [0.25, 0.3) is 0 Å². The van der Waals surface area contributed by atoms with Gasteiger partial charge in [-0.3, -0.25) is 4.79 Å². The molecule has 0 radical (unpaired) electrons. The number of carbonyl (C=O) groups is 1. The molecule has 1 saturated heterocycles. The summed E-state index contributed by atoms with van der Waals surface area (Å²) in [4.78, 5) is 15.2. The van der Waals surface area contributed by atoms with Crippen LogP contribution < -0.4 is 0 Å². The van der Waals surface area contributed by atoms with Gasteiger partial charge in [-0.25, -0.2) is 4.98 Å². The van der Waals surface area contributed by atoms with Gasteiger partial charge < -0.3 is 4.74 Å². The minimum absolute atomic E-state index is 0.0872. The van der Waals surface area contributed by atoms with E-state index in [-0.39, 0.29) is 16.6 Å². The summed E-state index contributed by atoms with van der Waals surface area (Å²) in [5, 5.41) is -0.965. The van der Waals surface area contributed by atoms with Gasteiger partial charge >= 0.3 is 6.18 Å². The second-order valence-corrected chi connectivity index (χ2v) is 4.81. The van der Waals surface area contributed by atoms with Gasteiger partial charge in [0.2, 0.25) is 0 Å². The Balaban J connectivity index is 2.11. The summed E-state index contributed by atoms with van der Waals surface area (Å²) < 4.78 is 42.1. The zero-order valence-corrected chi connectivity index (χ0v) is 9.61. The summed E-state index contributed by atoms with van der Waals surface area (Å²) in [7, 11) is 0. The minimum atomic E-state index is -4.47. The monoisotopic (exact) mass is 265 g/mol. The molecule has 0 N–H and O–H groups in total. The van der Waals surface area contributed by atoms with Crippen molar-refractivity contribution < 1.29 is 22.7 Å². The van der Waals surface area contributed by atoms with E-state index in [4.69, 9.17) is 4.74 Å². The highest BCUT2D eigenvalue weighted by molar-refractivity contribution is 7.13. The Morgan fingerprint density at radius 3 is 2.59 bits per heavy atom. The Morgan fingerprint density at radius 1 is 1.41 bits per heavy atom. The quantitative estimate of drug-likeness (QED) is 0.772. The fourth-order valence-corrected chi connectivity index (χ4v) is 2.48. The Bertz CT molecular complexity index is 410. The number of nitrogens with zero attached hydrogens (tertiary/aromatic N) is 1. The van der Waals surface area contributed by atoms with Crippen LogP contribution in [-0.2, 0) is 10.9 Å². The molecule has 0 spiro atoms. The lowest BCUT2D eigenvalue weighted by molar-refractivity contribution is -0.137. The van der Waals surface area contributed by atoms with E-state index >= 15 is 0 Å². The third-order valence-electron chi connectivity index (χ3n) is 2.58. The molecule has 1 aliphatic heterocycles. The number of ether oxygens (including phenoxy) is 1.